The van der Waals surface area contributed by atoms with Crippen LogP contribution in [0.3, 0.4) is 0 Å². The van der Waals surface area contributed by atoms with E-state index in [1.165, 1.54) is 0 Å². The van der Waals surface area contributed by atoms with Crippen molar-refractivity contribution in [2.75, 3.05) is 20.2 Å². The highest BCUT2D eigenvalue weighted by Gasteiger charge is 2.49. The summed E-state index contributed by atoms with van der Waals surface area (Å²) >= 11 is 0. The Bertz CT molecular complexity index is 1210. The van der Waals surface area contributed by atoms with Gasteiger partial charge in [0.05, 0.1) is 7.11 Å². The van der Waals surface area contributed by atoms with Gasteiger partial charge in [-0.15, -0.1) is 0 Å². The van der Waals surface area contributed by atoms with E-state index in [1.807, 2.05) is 30.3 Å². The lowest BCUT2D eigenvalue weighted by molar-refractivity contribution is -0.136. The Kier molecular flexibility index (Phi) is 6.02. The van der Waals surface area contributed by atoms with Gasteiger partial charge in [0.15, 0.2) is 0 Å². The zero-order chi connectivity index (χ0) is 23.9. The smallest absolute Gasteiger partial charge is 0.303 e. The molecule has 0 bridgehead atoms. The van der Waals surface area contributed by atoms with Crippen molar-refractivity contribution in [1.82, 2.24) is 4.90 Å². The monoisotopic (exact) mass is 465 g/mol. The molecule has 1 aliphatic carbocycles. The number of hydrogen-bond donors (Lipinski definition) is 1. The molecule has 2 aliphatic rings. The Balaban J connectivity index is 1.40. The number of fused-ring (bicyclic) bond motifs is 2. The lowest BCUT2D eigenvalue weighted by Gasteiger charge is -2.20. The van der Waals surface area contributed by atoms with E-state index in [9.17, 15) is 13.6 Å². The molecule has 0 radical (unpaired) electrons. The Morgan fingerprint density at radius 1 is 1.03 bits per heavy atom. The minimum absolute atomic E-state index is 0.0198. The number of aliphatic carboxylic acids is 1. The van der Waals surface area contributed by atoms with Crippen LogP contribution in [-0.4, -0.2) is 42.1 Å². The third-order valence-corrected chi connectivity index (χ3v) is 7.36. The third-order valence-electron chi connectivity index (χ3n) is 7.36. The first-order chi connectivity index (χ1) is 16.3. The molecule has 5 rings (SSSR count). The number of likely N-dealkylation sites (tertiary alicyclic amines) is 1. The number of hydrogen-bond acceptors (Lipinski definition) is 3. The topological polar surface area (TPSA) is 49.8 Å². The van der Waals surface area contributed by atoms with Crippen LogP contribution in [0.15, 0.2) is 54.6 Å². The molecule has 0 spiro atoms. The highest BCUT2D eigenvalue weighted by atomic mass is 19.3. The minimum Gasteiger partial charge on any atom is -0.496 e. The average molecular weight is 466 g/mol. The van der Waals surface area contributed by atoms with Gasteiger partial charge in [-0.05, 0) is 51.8 Å². The van der Waals surface area contributed by atoms with Crippen LogP contribution >= 0.6 is 0 Å². The normalized spacial score (nSPS) is 21.6. The van der Waals surface area contributed by atoms with Gasteiger partial charge >= 0.3 is 5.97 Å². The summed E-state index contributed by atoms with van der Waals surface area (Å²) in [6.07, 6.45) is 0.616. The second-order valence-corrected chi connectivity index (χ2v) is 9.72. The van der Waals surface area contributed by atoms with Crippen LogP contribution in [0.5, 0.6) is 5.75 Å². The fourth-order valence-corrected chi connectivity index (χ4v) is 5.86. The molecular weight excluding hydrogens is 436 g/mol. The summed E-state index contributed by atoms with van der Waals surface area (Å²) in [6.45, 7) is 2.18. The molecule has 0 aromatic heterocycles. The van der Waals surface area contributed by atoms with Crippen molar-refractivity contribution in [3.8, 4) is 16.9 Å². The Morgan fingerprint density at radius 2 is 1.74 bits per heavy atom. The quantitative estimate of drug-likeness (QED) is 0.464. The van der Waals surface area contributed by atoms with Gasteiger partial charge in [-0.3, -0.25) is 9.69 Å². The van der Waals surface area contributed by atoms with Gasteiger partial charge < -0.3 is 9.84 Å². The molecule has 1 heterocycles. The van der Waals surface area contributed by atoms with E-state index in [0.717, 1.165) is 58.4 Å². The minimum atomic E-state index is -2.49. The van der Waals surface area contributed by atoms with E-state index in [2.05, 4.69) is 29.2 Å². The van der Waals surface area contributed by atoms with Gasteiger partial charge in [-0.2, -0.15) is 0 Å². The highest BCUT2D eigenvalue weighted by molar-refractivity contribution is 5.99. The molecular formula is C28H29F2NO3. The summed E-state index contributed by atoms with van der Waals surface area (Å²) in [5, 5.41) is 11.2. The molecule has 1 N–H and O–H groups in total. The third kappa shape index (κ3) is 4.51. The molecule has 34 heavy (non-hydrogen) atoms. The molecule has 4 nitrogen and oxygen atoms in total. The van der Waals surface area contributed by atoms with Crippen LogP contribution < -0.4 is 4.74 Å². The van der Waals surface area contributed by atoms with E-state index in [0.29, 0.717) is 6.42 Å². The average Bonchev–Trinajstić information content (AvgIpc) is 3.29. The number of alkyl halides is 2. The molecule has 0 unspecified atom stereocenters. The van der Waals surface area contributed by atoms with E-state index in [4.69, 9.17) is 9.84 Å². The van der Waals surface area contributed by atoms with Crippen LogP contribution in [0.25, 0.3) is 21.9 Å². The molecule has 1 aliphatic heterocycles. The number of nitrogens with zero attached hydrogens (tertiary/aromatic N) is 1. The van der Waals surface area contributed by atoms with Crippen molar-refractivity contribution < 1.29 is 23.4 Å². The van der Waals surface area contributed by atoms with Crippen LogP contribution in [0.2, 0.25) is 0 Å². The fourth-order valence-electron chi connectivity index (χ4n) is 5.86. The largest absolute Gasteiger partial charge is 0.496 e. The lowest BCUT2D eigenvalue weighted by Crippen LogP contribution is -2.24. The molecule has 2 atom stereocenters. The summed E-state index contributed by atoms with van der Waals surface area (Å²) in [5.41, 5.74) is 4.14. The highest BCUT2D eigenvalue weighted by Crippen LogP contribution is 2.47. The number of carboxylic acid groups (broad SMARTS) is 1. The number of rotatable bonds is 7. The van der Waals surface area contributed by atoms with Crippen molar-refractivity contribution in [3.63, 3.8) is 0 Å². The van der Waals surface area contributed by atoms with Crippen LogP contribution in [0.4, 0.5) is 8.78 Å². The zero-order valence-corrected chi connectivity index (χ0v) is 19.3. The Hall–Kier alpha value is -2.99. The van der Waals surface area contributed by atoms with Crippen LogP contribution in [0.1, 0.15) is 30.4 Å². The van der Waals surface area contributed by atoms with Gasteiger partial charge in [0, 0.05) is 44.5 Å². The fraction of sp³-hybridized carbons (Fsp3) is 0.393. The summed E-state index contributed by atoms with van der Waals surface area (Å²) in [4.78, 5) is 13.4. The van der Waals surface area contributed by atoms with Gasteiger partial charge in [0.1, 0.15) is 5.75 Å². The van der Waals surface area contributed by atoms with Gasteiger partial charge in [-0.1, -0.05) is 48.5 Å². The Morgan fingerprint density at radius 3 is 2.44 bits per heavy atom. The van der Waals surface area contributed by atoms with Crippen LogP contribution in [-0.2, 0) is 17.8 Å². The van der Waals surface area contributed by atoms with Crippen molar-refractivity contribution >= 4 is 16.7 Å². The van der Waals surface area contributed by atoms with Gasteiger partial charge in [0.2, 0.25) is 5.92 Å². The predicted octanol–water partition coefficient (Wildman–Crippen LogP) is 6.01. The summed E-state index contributed by atoms with van der Waals surface area (Å²) in [7, 11) is 1.66. The number of benzene rings is 3. The van der Waals surface area contributed by atoms with Crippen molar-refractivity contribution in [2.45, 2.75) is 38.2 Å². The maximum Gasteiger partial charge on any atom is 0.303 e. The molecule has 3 aromatic rings. The van der Waals surface area contributed by atoms with Gasteiger partial charge in [0.25, 0.3) is 0 Å². The number of ether oxygens (including phenoxy) is 1. The summed E-state index contributed by atoms with van der Waals surface area (Å²) in [5.74, 6) is -2.32. The van der Waals surface area contributed by atoms with Crippen molar-refractivity contribution in [3.05, 3.63) is 65.7 Å². The summed E-state index contributed by atoms with van der Waals surface area (Å²) < 4.78 is 33.1. The molecule has 1 saturated carbocycles. The zero-order valence-electron chi connectivity index (χ0n) is 19.3. The van der Waals surface area contributed by atoms with E-state index in [1.54, 1.807) is 7.11 Å². The lowest BCUT2D eigenvalue weighted by atomic mass is 9.93. The molecule has 2 fully saturated rings. The second-order valence-electron chi connectivity index (χ2n) is 9.72. The molecule has 178 valence electrons. The second kappa shape index (κ2) is 8.99. The summed E-state index contributed by atoms with van der Waals surface area (Å²) in [6, 6.07) is 18.3. The molecule has 0 amide bonds. The van der Waals surface area contributed by atoms with E-state index in [-0.39, 0.29) is 31.1 Å². The molecule has 1 saturated heterocycles. The van der Waals surface area contributed by atoms with Crippen molar-refractivity contribution in [2.24, 2.45) is 11.8 Å². The van der Waals surface area contributed by atoms with E-state index < -0.39 is 11.9 Å². The maximum absolute atomic E-state index is 13.7. The predicted molar refractivity (Wildman–Crippen MR) is 128 cm³/mol. The number of carboxylic acids is 1. The first kappa shape index (κ1) is 22.8. The number of aryl methyl sites for hydroxylation is 1. The van der Waals surface area contributed by atoms with Crippen molar-refractivity contribution in [1.29, 1.82) is 0 Å². The van der Waals surface area contributed by atoms with Crippen LogP contribution in [0, 0.1) is 11.8 Å². The number of carbonyl (C=O) groups is 1. The molecule has 3 aromatic carbocycles. The number of methoxy groups -OCH3 is 1. The SMILES string of the molecule is COc1cc(CN2C[C@@H]3CC(F)(F)C[C@@H]3C2)ccc1-c1cccc2c(CCC(=O)O)cccc12. The van der Waals surface area contributed by atoms with Gasteiger partial charge in [-0.25, -0.2) is 8.78 Å². The maximum atomic E-state index is 13.7. The first-order valence-electron chi connectivity index (χ1n) is 11.8. The molecule has 6 heteroatoms. The van der Waals surface area contributed by atoms with E-state index >= 15 is 0 Å². The standard InChI is InChI=1S/C28H29F2NO3/c1-34-26-12-18(15-31-16-20-13-28(29,30)14-21(20)17-31)8-10-25(26)24-7-3-5-22-19(9-11-27(32)33)4-2-6-23(22)24/h2-8,10,12,20-21H,9,11,13-17H2,1H3,(H,32,33)/t20-,21+. The Labute approximate surface area is 198 Å². The first-order valence-corrected chi connectivity index (χ1v) is 11.8. The number of halogens is 2.